The minimum atomic E-state index is 0.993. The summed E-state index contributed by atoms with van der Waals surface area (Å²) in [5, 5.41) is 0. The van der Waals surface area contributed by atoms with E-state index >= 15 is 0 Å². The average Bonchev–Trinajstić information content (AvgIpc) is 3.39. The fourth-order valence-corrected chi connectivity index (χ4v) is 9.35. The van der Waals surface area contributed by atoms with Crippen molar-refractivity contribution in [2.75, 3.05) is 19.6 Å². The SMILES string of the molecule is Cc1ccc(CCc2ccc(N(c3ccc(N(c4ccc(N(c5ccccc5)c5cccc(C)c5)cc4)c4ccc(N(c5ccccc5)c5cccc(C)c5)cc4)cc3)c3cccc(C)c3)cc2)cc1. The summed E-state index contributed by atoms with van der Waals surface area (Å²) in [6.07, 6.45) is 2.01. The third-order valence-corrected chi connectivity index (χ3v) is 12.9. The first-order chi connectivity index (χ1) is 34.3. The lowest BCUT2D eigenvalue weighted by Gasteiger charge is -2.30. The third kappa shape index (κ3) is 10.3. The second kappa shape index (κ2) is 20.7. The largest absolute Gasteiger partial charge is 0.310 e. The summed E-state index contributed by atoms with van der Waals surface area (Å²) in [4.78, 5) is 9.37. The van der Waals surface area contributed by atoms with Crippen LogP contribution in [0.3, 0.4) is 0 Å². The molecule has 342 valence electrons. The molecule has 0 aliphatic rings. The van der Waals surface area contributed by atoms with E-state index in [9.17, 15) is 0 Å². The number of para-hydroxylation sites is 2. The van der Waals surface area contributed by atoms with Gasteiger partial charge in [-0.15, -0.1) is 0 Å². The predicted molar refractivity (Wildman–Crippen MR) is 298 cm³/mol. The van der Waals surface area contributed by atoms with Gasteiger partial charge in [0, 0.05) is 68.2 Å². The van der Waals surface area contributed by atoms with Crippen molar-refractivity contribution in [2.45, 2.75) is 40.5 Å². The molecular weight excluding hydrogens is 849 g/mol. The van der Waals surface area contributed by atoms with Gasteiger partial charge >= 0.3 is 0 Å². The fraction of sp³-hybridized carbons (Fsp3) is 0.0909. The molecule has 70 heavy (non-hydrogen) atoms. The van der Waals surface area contributed by atoms with Crippen LogP contribution < -0.4 is 19.6 Å². The molecule has 0 N–H and O–H groups in total. The second-order valence-electron chi connectivity index (χ2n) is 18.2. The number of rotatable bonds is 15. The van der Waals surface area contributed by atoms with Gasteiger partial charge < -0.3 is 19.6 Å². The molecule has 0 aromatic heterocycles. The van der Waals surface area contributed by atoms with E-state index in [1.807, 2.05) is 0 Å². The molecule has 10 rings (SSSR count). The van der Waals surface area contributed by atoms with Crippen molar-refractivity contribution < 1.29 is 0 Å². The standard InChI is InChI=1S/C66H58N4/c1-49-24-26-53(27-25-49)28-29-54-30-32-57(33-31-54)70(66-23-13-16-52(4)48-66)63-44-38-60(39-45-63)67(58-34-40-61(41-35-58)68(55-17-7-5-8-18-55)64-21-11-14-50(2)46-64)59-36-42-62(43-37-59)69(56-19-9-6-10-20-56)65-22-12-15-51(3)47-65/h5-27,30-48H,28-29H2,1-4H3. The van der Waals surface area contributed by atoms with Crippen LogP contribution in [-0.2, 0) is 12.8 Å². The van der Waals surface area contributed by atoms with Crippen LogP contribution in [0.25, 0.3) is 0 Å². The van der Waals surface area contributed by atoms with Crippen LogP contribution in [0.4, 0.5) is 68.2 Å². The van der Waals surface area contributed by atoms with Gasteiger partial charge in [-0.3, -0.25) is 0 Å². The summed E-state index contributed by atoms with van der Waals surface area (Å²) in [5.74, 6) is 0. The first kappa shape index (κ1) is 45.2. The molecular formula is C66H58N4. The molecule has 0 radical (unpaired) electrons. The van der Waals surface area contributed by atoms with E-state index in [-0.39, 0.29) is 0 Å². The zero-order valence-corrected chi connectivity index (χ0v) is 40.5. The third-order valence-electron chi connectivity index (χ3n) is 12.9. The fourth-order valence-electron chi connectivity index (χ4n) is 9.35. The van der Waals surface area contributed by atoms with Crippen LogP contribution in [0, 0.1) is 27.7 Å². The van der Waals surface area contributed by atoms with Crippen molar-refractivity contribution in [3.63, 3.8) is 0 Å². The Balaban J connectivity index is 1.03. The van der Waals surface area contributed by atoms with Crippen molar-refractivity contribution in [3.8, 4) is 0 Å². The highest BCUT2D eigenvalue weighted by molar-refractivity contribution is 5.85. The quantitative estimate of drug-likeness (QED) is 0.102. The molecule has 0 fully saturated rings. The van der Waals surface area contributed by atoms with E-state index in [4.69, 9.17) is 0 Å². The number of hydrogen-bond donors (Lipinski definition) is 0. The van der Waals surface area contributed by atoms with Gasteiger partial charge in [-0.25, -0.2) is 0 Å². The van der Waals surface area contributed by atoms with E-state index < -0.39 is 0 Å². The minimum Gasteiger partial charge on any atom is -0.310 e. The summed E-state index contributed by atoms with van der Waals surface area (Å²) < 4.78 is 0. The summed E-state index contributed by atoms with van der Waals surface area (Å²) in [6.45, 7) is 8.60. The normalized spacial score (nSPS) is 11.0. The van der Waals surface area contributed by atoms with Gasteiger partial charge in [0.1, 0.15) is 0 Å². The van der Waals surface area contributed by atoms with E-state index in [0.717, 1.165) is 81.1 Å². The zero-order chi connectivity index (χ0) is 47.8. The van der Waals surface area contributed by atoms with Crippen molar-refractivity contribution >= 4 is 68.2 Å². The van der Waals surface area contributed by atoms with E-state index in [2.05, 4.69) is 302 Å². The molecule has 0 aliphatic heterocycles. The molecule has 0 saturated carbocycles. The first-order valence-electron chi connectivity index (χ1n) is 24.3. The predicted octanol–water partition coefficient (Wildman–Crippen LogP) is 18.6. The van der Waals surface area contributed by atoms with Crippen molar-refractivity contribution in [1.29, 1.82) is 0 Å². The highest BCUT2D eigenvalue weighted by Crippen LogP contribution is 2.43. The van der Waals surface area contributed by atoms with Crippen LogP contribution in [0.2, 0.25) is 0 Å². The van der Waals surface area contributed by atoms with Crippen molar-refractivity contribution in [3.05, 3.63) is 288 Å². The van der Waals surface area contributed by atoms with Gasteiger partial charge in [-0.2, -0.15) is 0 Å². The maximum atomic E-state index is 2.36. The van der Waals surface area contributed by atoms with Gasteiger partial charge in [0.05, 0.1) is 0 Å². The molecule has 4 nitrogen and oxygen atoms in total. The monoisotopic (exact) mass is 906 g/mol. The van der Waals surface area contributed by atoms with Crippen LogP contribution in [-0.4, -0.2) is 0 Å². The Labute approximate surface area is 414 Å². The molecule has 0 heterocycles. The Hall–Kier alpha value is -8.60. The number of anilines is 12. The topological polar surface area (TPSA) is 13.0 Å². The molecule has 0 spiro atoms. The van der Waals surface area contributed by atoms with Gasteiger partial charge in [-0.05, 0) is 214 Å². The Morgan fingerprint density at radius 3 is 0.714 bits per heavy atom. The van der Waals surface area contributed by atoms with Crippen LogP contribution in [0.15, 0.2) is 255 Å². The minimum absolute atomic E-state index is 0.993. The Morgan fingerprint density at radius 2 is 0.429 bits per heavy atom. The molecule has 0 atom stereocenters. The smallest absolute Gasteiger partial charge is 0.0464 e. The summed E-state index contributed by atoms with van der Waals surface area (Å²) in [5.41, 5.74) is 20.7. The Bertz CT molecular complexity index is 3140. The van der Waals surface area contributed by atoms with Crippen molar-refractivity contribution in [2.24, 2.45) is 0 Å². The first-order valence-corrected chi connectivity index (χ1v) is 24.3. The molecule has 0 aliphatic carbocycles. The number of benzene rings is 10. The van der Waals surface area contributed by atoms with Gasteiger partial charge in [0.2, 0.25) is 0 Å². The zero-order valence-electron chi connectivity index (χ0n) is 40.5. The van der Waals surface area contributed by atoms with Crippen LogP contribution in [0.5, 0.6) is 0 Å². The molecule has 4 heteroatoms. The summed E-state index contributed by atoms with van der Waals surface area (Å²) in [6, 6.07) is 92.3. The number of hydrogen-bond acceptors (Lipinski definition) is 4. The summed E-state index contributed by atoms with van der Waals surface area (Å²) >= 11 is 0. The molecule has 0 saturated heterocycles. The van der Waals surface area contributed by atoms with E-state index in [1.165, 1.54) is 33.4 Å². The lowest BCUT2D eigenvalue weighted by Crippen LogP contribution is -2.14. The van der Waals surface area contributed by atoms with E-state index in [1.54, 1.807) is 0 Å². The highest BCUT2D eigenvalue weighted by Gasteiger charge is 2.20. The average molecular weight is 907 g/mol. The maximum Gasteiger partial charge on any atom is 0.0464 e. The lowest BCUT2D eigenvalue weighted by atomic mass is 10.0. The second-order valence-corrected chi connectivity index (χ2v) is 18.2. The number of aryl methyl sites for hydroxylation is 6. The van der Waals surface area contributed by atoms with Crippen LogP contribution >= 0.6 is 0 Å². The molecule has 0 bridgehead atoms. The molecule has 10 aromatic rings. The van der Waals surface area contributed by atoms with Crippen LogP contribution in [0.1, 0.15) is 33.4 Å². The Kier molecular flexibility index (Phi) is 13.4. The van der Waals surface area contributed by atoms with Crippen molar-refractivity contribution in [1.82, 2.24) is 0 Å². The lowest BCUT2D eigenvalue weighted by molar-refractivity contribution is 0.959. The Morgan fingerprint density at radius 1 is 0.200 bits per heavy atom. The van der Waals surface area contributed by atoms with Gasteiger partial charge in [0.25, 0.3) is 0 Å². The molecule has 10 aromatic carbocycles. The number of nitrogens with zero attached hydrogens (tertiary/aromatic N) is 4. The van der Waals surface area contributed by atoms with E-state index in [0.29, 0.717) is 0 Å². The van der Waals surface area contributed by atoms with Gasteiger partial charge in [0.15, 0.2) is 0 Å². The molecule has 0 unspecified atom stereocenters. The maximum absolute atomic E-state index is 2.36. The molecule has 0 amide bonds. The van der Waals surface area contributed by atoms with Gasteiger partial charge in [-0.1, -0.05) is 115 Å². The summed E-state index contributed by atoms with van der Waals surface area (Å²) in [7, 11) is 0. The highest BCUT2D eigenvalue weighted by atomic mass is 15.2.